The molecule has 0 aliphatic carbocycles. The second-order valence-corrected chi connectivity index (χ2v) is 4.28. The molecule has 0 saturated heterocycles. The minimum Gasteiger partial charge on any atom is -0.423 e. The highest BCUT2D eigenvalue weighted by molar-refractivity contribution is 5.86. The molecule has 0 bridgehead atoms. The van der Waals surface area contributed by atoms with E-state index in [2.05, 4.69) is 24.1 Å². The maximum Gasteiger partial charge on any atom is 0.295 e. The van der Waals surface area contributed by atoms with E-state index in [-0.39, 0.29) is 0 Å². The van der Waals surface area contributed by atoms with Crippen LogP contribution in [-0.4, -0.2) is 11.5 Å². The van der Waals surface area contributed by atoms with E-state index < -0.39 is 0 Å². The van der Waals surface area contributed by atoms with Crippen LogP contribution in [0.1, 0.15) is 26.7 Å². The summed E-state index contributed by atoms with van der Waals surface area (Å²) in [5.74, 6) is 0.655. The number of para-hydroxylation sites is 1. The summed E-state index contributed by atoms with van der Waals surface area (Å²) >= 11 is 0. The SMILES string of the molecule is CCC(CC)CNc1nc2c(N)cccc2o1. The Bertz CT molecular complexity index is 488. The van der Waals surface area contributed by atoms with Crippen LogP contribution in [0.5, 0.6) is 0 Å². The molecule has 0 aliphatic rings. The van der Waals surface area contributed by atoms with Gasteiger partial charge in [0, 0.05) is 6.54 Å². The van der Waals surface area contributed by atoms with Gasteiger partial charge in [-0.15, -0.1) is 0 Å². The fourth-order valence-corrected chi connectivity index (χ4v) is 1.85. The molecule has 3 N–H and O–H groups in total. The minimum atomic E-state index is 0.560. The summed E-state index contributed by atoms with van der Waals surface area (Å²) in [4.78, 5) is 4.35. The van der Waals surface area contributed by atoms with Crippen molar-refractivity contribution in [1.29, 1.82) is 0 Å². The molecule has 17 heavy (non-hydrogen) atoms. The van der Waals surface area contributed by atoms with Gasteiger partial charge in [0.1, 0.15) is 5.52 Å². The fourth-order valence-electron chi connectivity index (χ4n) is 1.85. The van der Waals surface area contributed by atoms with Crippen LogP contribution in [0, 0.1) is 5.92 Å². The average Bonchev–Trinajstić information content (AvgIpc) is 2.75. The number of hydrogen-bond acceptors (Lipinski definition) is 4. The van der Waals surface area contributed by atoms with E-state index in [0.717, 1.165) is 30.5 Å². The van der Waals surface area contributed by atoms with Crippen molar-refractivity contribution in [3.05, 3.63) is 18.2 Å². The van der Waals surface area contributed by atoms with Gasteiger partial charge in [-0.2, -0.15) is 4.98 Å². The molecule has 4 heteroatoms. The predicted molar refractivity (Wildman–Crippen MR) is 71.0 cm³/mol. The number of oxazole rings is 1. The lowest BCUT2D eigenvalue weighted by molar-refractivity contribution is 0.507. The molecule has 0 unspecified atom stereocenters. The summed E-state index contributed by atoms with van der Waals surface area (Å²) < 4.78 is 5.59. The van der Waals surface area contributed by atoms with Gasteiger partial charge in [-0.25, -0.2) is 0 Å². The normalized spacial score (nSPS) is 11.2. The van der Waals surface area contributed by atoms with Crippen LogP contribution in [-0.2, 0) is 0 Å². The summed E-state index contributed by atoms with van der Waals surface area (Å²) in [6, 6.07) is 6.13. The van der Waals surface area contributed by atoms with Crippen LogP contribution in [0.15, 0.2) is 22.6 Å². The molecule has 0 amide bonds. The second kappa shape index (κ2) is 5.08. The number of nitrogens with two attached hydrogens (primary N) is 1. The summed E-state index contributed by atoms with van der Waals surface area (Å²) in [5, 5.41) is 3.23. The Morgan fingerprint density at radius 2 is 2.12 bits per heavy atom. The third kappa shape index (κ3) is 2.52. The van der Waals surface area contributed by atoms with Gasteiger partial charge in [-0.3, -0.25) is 0 Å². The molecule has 0 spiro atoms. The van der Waals surface area contributed by atoms with E-state index in [0.29, 0.717) is 17.6 Å². The molecule has 4 nitrogen and oxygen atoms in total. The van der Waals surface area contributed by atoms with Crippen molar-refractivity contribution in [2.45, 2.75) is 26.7 Å². The lowest BCUT2D eigenvalue weighted by Gasteiger charge is -2.11. The summed E-state index contributed by atoms with van der Waals surface area (Å²) in [6.07, 6.45) is 2.32. The quantitative estimate of drug-likeness (QED) is 0.778. The third-order valence-corrected chi connectivity index (χ3v) is 3.15. The van der Waals surface area contributed by atoms with Crippen molar-refractivity contribution in [2.24, 2.45) is 5.92 Å². The molecule has 1 aromatic carbocycles. The van der Waals surface area contributed by atoms with Gasteiger partial charge in [0.2, 0.25) is 0 Å². The number of fused-ring (bicyclic) bond motifs is 1. The Morgan fingerprint density at radius 1 is 1.35 bits per heavy atom. The van der Waals surface area contributed by atoms with E-state index in [1.807, 2.05) is 18.2 Å². The number of nitrogen functional groups attached to an aromatic ring is 1. The second-order valence-electron chi connectivity index (χ2n) is 4.28. The third-order valence-electron chi connectivity index (χ3n) is 3.15. The minimum absolute atomic E-state index is 0.560. The molecule has 2 rings (SSSR count). The van der Waals surface area contributed by atoms with Gasteiger partial charge < -0.3 is 15.5 Å². The molecule has 0 aliphatic heterocycles. The first-order valence-electron chi connectivity index (χ1n) is 6.13. The number of rotatable bonds is 5. The fraction of sp³-hybridized carbons (Fsp3) is 0.462. The molecule has 1 heterocycles. The van der Waals surface area contributed by atoms with Crippen LogP contribution in [0.4, 0.5) is 11.7 Å². The zero-order valence-electron chi connectivity index (χ0n) is 10.4. The van der Waals surface area contributed by atoms with Crippen molar-refractivity contribution in [3.8, 4) is 0 Å². The average molecular weight is 233 g/mol. The van der Waals surface area contributed by atoms with Gasteiger partial charge >= 0.3 is 0 Å². The first-order valence-corrected chi connectivity index (χ1v) is 6.13. The smallest absolute Gasteiger partial charge is 0.295 e. The molecule has 0 atom stereocenters. The van der Waals surface area contributed by atoms with Gasteiger partial charge in [0.05, 0.1) is 5.69 Å². The van der Waals surface area contributed by atoms with Crippen molar-refractivity contribution in [1.82, 2.24) is 4.98 Å². The van der Waals surface area contributed by atoms with E-state index in [1.54, 1.807) is 0 Å². The maximum absolute atomic E-state index is 5.83. The van der Waals surface area contributed by atoms with Crippen molar-refractivity contribution < 1.29 is 4.42 Å². The summed E-state index contributed by atoms with van der Waals surface area (Å²) in [5.41, 5.74) is 7.95. The van der Waals surface area contributed by atoms with E-state index >= 15 is 0 Å². The highest BCUT2D eigenvalue weighted by atomic mass is 16.4. The Kier molecular flexibility index (Phi) is 3.52. The molecular weight excluding hydrogens is 214 g/mol. The van der Waals surface area contributed by atoms with Crippen LogP contribution in [0.25, 0.3) is 11.1 Å². The zero-order chi connectivity index (χ0) is 12.3. The number of aromatic nitrogens is 1. The van der Waals surface area contributed by atoms with Gasteiger partial charge in [0.15, 0.2) is 5.58 Å². The highest BCUT2D eigenvalue weighted by Gasteiger charge is 2.09. The van der Waals surface area contributed by atoms with Crippen molar-refractivity contribution in [3.63, 3.8) is 0 Å². The van der Waals surface area contributed by atoms with E-state index in [1.165, 1.54) is 0 Å². The Morgan fingerprint density at radius 3 is 2.76 bits per heavy atom. The lowest BCUT2D eigenvalue weighted by atomic mass is 10.0. The van der Waals surface area contributed by atoms with Gasteiger partial charge in [-0.05, 0) is 18.1 Å². The number of anilines is 2. The molecular formula is C13H19N3O. The Hall–Kier alpha value is -1.71. The standard InChI is InChI=1S/C13H19N3O/c1-3-9(4-2)8-15-13-16-12-10(14)6-5-7-11(12)17-13/h5-7,9H,3-4,8,14H2,1-2H3,(H,15,16). The monoisotopic (exact) mass is 233 g/mol. The number of benzene rings is 1. The largest absolute Gasteiger partial charge is 0.423 e. The summed E-state index contributed by atoms with van der Waals surface area (Å²) in [7, 11) is 0. The molecule has 2 aromatic rings. The number of nitrogens with zero attached hydrogens (tertiary/aromatic N) is 1. The first-order chi connectivity index (χ1) is 8.24. The van der Waals surface area contributed by atoms with Gasteiger partial charge in [-0.1, -0.05) is 32.8 Å². The topological polar surface area (TPSA) is 64.1 Å². The molecule has 0 radical (unpaired) electrons. The van der Waals surface area contributed by atoms with Crippen molar-refractivity contribution >= 4 is 22.8 Å². The molecule has 0 fully saturated rings. The van der Waals surface area contributed by atoms with Crippen LogP contribution < -0.4 is 11.1 Å². The summed E-state index contributed by atoms with van der Waals surface area (Å²) in [6.45, 7) is 5.28. The van der Waals surface area contributed by atoms with Crippen molar-refractivity contribution in [2.75, 3.05) is 17.6 Å². The highest BCUT2D eigenvalue weighted by Crippen LogP contribution is 2.23. The van der Waals surface area contributed by atoms with E-state index in [4.69, 9.17) is 10.2 Å². The molecule has 0 saturated carbocycles. The Balaban J connectivity index is 2.12. The number of hydrogen-bond donors (Lipinski definition) is 2. The first kappa shape index (κ1) is 11.8. The van der Waals surface area contributed by atoms with Crippen LogP contribution in [0.3, 0.4) is 0 Å². The predicted octanol–water partition coefficient (Wildman–Crippen LogP) is 3.26. The zero-order valence-corrected chi connectivity index (χ0v) is 10.4. The van der Waals surface area contributed by atoms with Gasteiger partial charge in [0.25, 0.3) is 6.01 Å². The van der Waals surface area contributed by atoms with E-state index in [9.17, 15) is 0 Å². The number of nitrogens with one attached hydrogen (secondary N) is 1. The van der Waals surface area contributed by atoms with Crippen LogP contribution >= 0.6 is 0 Å². The molecule has 92 valence electrons. The lowest BCUT2D eigenvalue weighted by Crippen LogP contribution is -2.12. The maximum atomic E-state index is 5.83. The van der Waals surface area contributed by atoms with Crippen LogP contribution in [0.2, 0.25) is 0 Å². The molecule has 1 aromatic heterocycles. The Labute approximate surface area is 101 Å².